The van der Waals surface area contributed by atoms with Gasteiger partial charge in [0.2, 0.25) is 0 Å². The van der Waals surface area contributed by atoms with Gasteiger partial charge in [-0.15, -0.1) is 0 Å². The lowest BCUT2D eigenvalue weighted by Gasteiger charge is -2.35. The number of nitrogens with zero attached hydrogens (tertiary/aromatic N) is 7. The maximum Gasteiger partial charge on any atom is 0.257 e. The third-order valence-corrected chi connectivity index (χ3v) is 4.43. The van der Waals surface area contributed by atoms with Crippen molar-refractivity contribution < 1.29 is 4.79 Å². The first kappa shape index (κ1) is 16.3. The van der Waals surface area contributed by atoms with Gasteiger partial charge in [-0.1, -0.05) is 11.8 Å². The minimum atomic E-state index is -0.0178. The molecule has 0 aliphatic carbocycles. The summed E-state index contributed by atoms with van der Waals surface area (Å²) in [5.41, 5.74) is 1.05. The molecule has 0 spiro atoms. The third-order valence-electron chi connectivity index (χ3n) is 3.87. The highest BCUT2D eigenvalue weighted by molar-refractivity contribution is 7.98. The second-order valence-electron chi connectivity index (χ2n) is 5.39. The molecule has 3 rings (SSSR count). The fourth-order valence-corrected chi connectivity index (χ4v) is 2.95. The predicted octanol–water partition coefficient (Wildman–Crippen LogP) is 0.766. The Balaban J connectivity index is 1.71. The minimum absolute atomic E-state index is 0.0178. The Hall–Kier alpha value is -2.60. The van der Waals surface area contributed by atoms with Gasteiger partial charge in [-0.3, -0.25) is 9.48 Å². The quantitative estimate of drug-likeness (QED) is 0.600. The van der Waals surface area contributed by atoms with Crippen LogP contribution in [0.15, 0.2) is 23.7 Å². The van der Waals surface area contributed by atoms with E-state index in [2.05, 4.69) is 21.1 Å². The Bertz CT molecular complexity index is 789. The molecule has 1 aliphatic heterocycles. The van der Waals surface area contributed by atoms with Crippen molar-refractivity contribution >= 4 is 23.5 Å². The van der Waals surface area contributed by atoms with Crippen LogP contribution in [0.5, 0.6) is 0 Å². The number of amides is 1. The number of anilines is 1. The van der Waals surface area contributed by atoms with Crippen LogP contribution >= 0.6 is 11.8 Å². The first-order valence-electron chi connectivity index (χ1n) is 7.46. The molecule has 0 saturated carbocycles. The zero-order valence-electron chi connectivity index (χ0n) is 13.5. The molecular weight excluding hydrogens is 326 g/mol. The van der Waals surface area contributed by atoms with Crippen LogP contribution in [0.4, 0.5) is 5.82 Å². The van der Waals surface area contributed by atoms with Crippen LogP contribution in [0.25, 0.3) is 0 Å². The molecule has 0 atom stereocenters. The zero-order chi connectivity index (χ0) is 17.1. The maximum absolute atomic E-state index is 12.5. The summed E-state index contributed by atoms with van der Waals surface area (Å²) in [5.74, 6) is 0.626. The smallest absolute Gasteiger partial charge is 0.257 e. The summed E-state index contributed by atoms with van der Waals surface area (Å²) in [7, 11) is 1.79. The van der Waals surface area contributed by atoms with E-state index in [1.807, 2.05) is 11.2 Å². The number of carbonyl (C=O) groups excluding carboxylic acids is 1. The van der Waals surface area contributed by atoms with Crippen LogP contribution in [0, 0.1) is 11.3 Å². The standard InChI is InChI=1S/C15H17N7OS/c1-20-10-12(9-18-20)14(23)22-5-3-21(4-6-22)13-11(7-16)8-17-15(19-13)24-2/h8-10H,3-6H2,1-2H3. The van der Waals surface area contributed by atoms with Crippen LogP contribution in [0.1, 0.15) is 15.9 Å². The van der Waals surface area contributed by atoms with Crippen LogP contribution < -0.4 is 4.90 Å². The molecule has 0 aromatic carbocycles. The van der Waals surface area contributed by atoms with Crippen molar-refractivity contribution in [3.8, 4) is 6.07 Å². The minimum Gasteiger partial charge on any atom is -0.352 e. The second kappa shape index (κ2) is 6.88. The molecule has 0 bridgehead atoms. The maximum atomic E-state index is 12.5. The summed E-state index contributed by atoms with van der Waals surface area (Å²) < 4.78 is 1.62. The van der Waals surface area contributed by atoms with E-state index >= 15 is 0 Å². The molecule has 1 amide bonds. The summed E-state index contributed by atoms with van der Waals surface area (Å²) in [4.78, 5) is 24.9. The molecule has 1 fully saturated rings. The monoisotopic (exact) mass is 343 g/mol. The molecule has 1 aliphatic rings. The number of hydrogen-bond acceptors (Lipinski definition) is 7. The van der Waals surface area contributed by atoms with Crippen LogP contribution in [-0.4, -0.2) is 63.0 Å². The number of hydrogen-bond donors (Lipinski definition) is 0. The molecular formula is C15H17N7OS. The normalized spacial score (nSPS) is 14.5. The van der Waals surface area contributed by atoms with E-state index in [-0.39, 0.29) is 5.91 Å². The lowest BCUT2D eigenvalue weighted by molar-refractivity contribution is 0.0746. The van der Waals surface area contributed by atoms with Gasteiger partial charge in [-0.05, 0) is 6.26 Å². The Morgan fingerprint density at radius 3 is 2.62 bits per heavy atom. The van der Waals surface area contributed by atoms with Gasteiger partial charge in [0.25, 0.3) is 5.91 Å². The first-order valence-corrected chi connectivity index (χ1v) is 8.69. The van der Waals surface area contributed by atoms with E-state index in [0.29, 0.717) is 48.3 Å². The van der Waals surface area contributed by atoms with Crippen molar-refractivity contribution in [2.75, 3.05) is 37.3 Å². The first-order chi connectivity index (χ1) is 11.6. The molecule has 9 heteroatoms. The molecule has 0 radical (unpaired) electrons. The lowest BCUT2D eigenvalue weighted by atomic mass is 10.2. The van der Waals surface area contributed by atoms with Crippen LogP contribution in [-0.2, 0) is 7.05 Å². The van der Waals surface area contributed by atoms with E-state index in [1.54, 1.807) is 35.2 Å². The highest BCUT2D eigenvalue weighted by atomic mass is 32.2. The Kier molecular flexibility index (Phi) is 4.66. The number of thioether (sulfide) groups is 1. The summed E-state index contributed by atoms with van der Waals surface area (Å²) >= 11 is 1.44. The topological polar surface area (TPSA) is 90.9 Å². The van der Waals surface area contributed by atoms with Crippen molar-refractivity contribution in [2.45, 2.75) is 5.16 Å². The third kappa shape index (κ3) is 3.19. The Morgan fingerprint density at radius 2 is 2.04 bits per heavy atom. The van der Waals surface area contributed by atoms with Gasteiger partial charge in [0.15, 0.2) is 11.0 Å². The van der Waals surface area contributed by atoms with Gasteiger partial charge in [-0.25, -0.2) is 9.97 Å². The fourth-order valence-electron chi connectivity index (χ4n) is 2.61. The summed E-state index contributed by atoms with van der Waals surface area (Å²) in [6.45, 7) is 2.42. The van der Waals surface area contributed by atoms with E-state index in [0.717, 1.165) is 0 Å². The number of aromatic nitrogens is 4. The largest absolute Gasteiger partial charge is 0.352 e. The van der Waals surface area contributed by atoms with E-state index < -0.39 is 0 Å². The van der Waals surface area contributed by atoms with Gasteiger partial charge in [0, 0.05) is 39.4 Å². The molecule has 0 unspecified atom stereocenters. The van der Waals surface area contributed by atoms with Crippen molar-refractivity contribution in [2.24, 2.45) is 7.05 Å². The average molecular weight is 343 g/mol. The summed E-state index contributed by atoms with van der Waals surface area (Å²) in [5, 5.41) is 13.9. The number of rotatable bonds is 3. The fraction of sp³-hybridized carbons (Fsp3) is 0.400. The Morgan fingerprint density at radius 1 is 1.29 bits per heavy atom. The summed E-state index contributed by atoms with van der Waals surface area (Å²) in [6, 6.07) is 2.14. The molecule has 2 aromatic rings. The number of aryl methyl sites for hydroxylation is 1. The van der Waals surface area contributed by atoms with E-state index in [9.17, 15) is 10.1 Å². The van der Waals surface area contributed by atoms with Gasteiger partial charge in [-0.2, -0.15) is 10.4 Å². The van der Waals surface area contributed by atoms with E-state index in [1.165, 1.54) is 11.8 Å². The van der Waals surface area contributed by atoms with Crippen molar-refractivity contribution in [1.82, 2.24) is 24.6 Å². The molecule has 1 saturated heterocycles. The van der Waals surface area contributed by atoms with Gasteiger partial charge >= 0.3 is 0 Å². The molecule has 24 heavy (non-hydrogen) atoms. The van der Waals surface area contributed by atoms with Crippen LogP contribution in [0.2, 0.25) is 0 Å². The summed E-state index contributed by atoms with van der Waals surface area (Å²) in [6.07, 6.45) is 6.76. The van der Waals surface area contributed by atoms with Crippen molar-refractivity contribution in [3.63, 3.8) is 0 Å². The lowest BCUT2D eigenvalue weighted by Crippen LogP contribution is -2.49. The highest BCUT2D eigenvalue weighted by Gasteiger charge is 2.25. The van der Waals surface area contributed by atoms with Crippen molar-refractivity contribution in [3.05, 3.63) is 29.7 Å². The van der Waals surface area contributed by atoms with Crippen LogP contribution in [0.3, 0.4) is 0 Å². The number of piperazine rings is 1. The molecule has 2 aromatic heterocycles. The van der Waals surface area contributed by atoms with Gasteiger partial charge < -0.3 is 9.80 Å². The highest BCUT2D eigenvalue weighted by Crippen LogP contribution is 2.21. The van der Waals surface area contributed by atoms with E-state index in [4.69, 9.17) is 0 Å². The van der Waals surface area contributed by atoms with Gasteiger partial charge in [0.1, 0.15) is 11.6 Å². The number of nitriles is 1. The zero-order valence-corrected chi connectivity index (χ0v) is 14.3. The molecule has 8 nitrogen and oxygen atoms in total. The molecule has 3 heterocycles. The molecule has 0 N–H and O–H groups in total. The predicted molar refractivity (Wildman–Crippen MR) is 89.9 cm³/mol. The average Bonchev–Trinajstić information content (AvgIpc) is 3.07. The van der Waals surface area contributed by atoms with Crippen molar-refractivity contribution in [1.29, 1.82) is 5.26 Å². The number of carbonyl (C=O) groups is 1. The Labute approximate surface area is 144 Å². The second-order valence-corrected chi connectivity index (χ2v) is 6.16. The molecule has 124 valence electrons. The SMILES string of the molecule is CSc1ncc(C#N)c(N2CCN(C(=O)c3cnn(C)c3)CC2)n1. The van der Waals surface area contributed by atoms with Gasteiger partial charge in [0.05, 0.1) is 18.0 Å².